The van der Waals surface area contributed by atoms with Gasteiger partial charge in [-0.2, -0.15) is 0 Å². The summed E-state index contributed by atoms with van der Waals surface area (Å²) in [4.78, 5) is 13.7. The van der Waals surface area contributed by atoms with E-state index in [0.717, 1.165) is 29.9 Å². The van der Waals surface area contributed by atoms with Gasteiger partial charge in [0.1, 0.15) is 0 Å². The van der Waals surface area contributed by atoms with E-state index in [-0.39, 0.29) is 10.8 Å². The highest BCUT2D eigenvalue weighted by Gasteiger charge is 2.61. The molecule has 4 heteroatoms. The lowest BCUT2D eigenvalue weighted by Gasteiger charge is -2.47. The Morgan fingerprint density at radius 3 is 2.25 bits per heavy atom. The van der Waals surface area contributed by atoms with Crippen LogP contribution >= 0.6 is 0 Å². The molecule has 0 fully saturated rings. The lowest BCUT2D eigenvalue weighted by Crippen LogP contribution is -2.56. The minimum absolute atomic E-state index is 0.120. The van der Waals surface area contributed by atoms with Gasteiger partial charge in [-0.05, 0) is 31.9 Å². The van der Waals surface area contributed by atoms with Gasteiger partial charge in [0.05, 0.1) is 11.6 Å². The number of benzene rings is 1. The van der Waals surface area contributed by atoms with Crippen molar-refractivity contribution >= 4 is 0 Å². The fourth-order valence-corrected chi connectivity index (χ4v) is 3.54. The van der Waals surface area contributed by atoms with E-state index >= 15 is 0 Å². The van der Waals surface area contributed by atoms with E-state index in [1.54, 1.807) is 6.92 Å². The largest absolute Gasteiger partial charge is 0.370 e. The molecular formula is C16H22N2O2. The Morgan fingerprint density at radius 2 is 1.80 bits per heavy atom. The summed E-state index contributed by atoms with van der Waals surface area (Å²) in [6.45, 7) is 9.46. The first-order valence-corrected chi connectivity index (χ1v) is 7.14. The van der Waals surface area contributed by atoms with Gasteiger partial charge in [0.2, 0.25) is 0 Å². The SMILES string of the molecule is CCN(CC)C1=C(C)[C@@H](c2ccccc2)[C@]1(C)[N+](=O)[O-]. The van der Waals surface area contributed by atoms with Crippen LogP contribution in [0.2, 0.25) is 0 Å². The van der Waals surface area contributed by atoms with Crippen LogP contribution in [0.1, 0.15) is 39.2 Å². The van der Waals surface area contributed by atoms with Crippen molar-refractivity contribution in [1.29, 1.82) is 0 Å². The summed E-state index contributed by atoms with van der Waals surface area (Å²) >= 11 is 0. The molecule has 0 heterocycles. The summed E-state index contributed by atoms with van der Waals surface area (Å²) in [6, 6.07) is 9.79. The highest BCUT2D eigenvalue weighted by molar-refractivity contribution is 5.48. The molecule has 0 N–H and O–H groups in total. The van der Waals surface area contributed by atoms with Crippen LogP contribution in [0.4, 0.5) is 0 Å². The second kappa shape index (κ2) is 5.27. The average Bonchev–Trinajstić information content (AvgIpc) is 2.45. The summed E-state index contributed by atoms with van der Waals surface area (Å²) in [5.41, 5.74) is 2.03. The first kappa shape index (κ1) is 14.6. The Balaban J connectivity index is 2.52. The quantitative estimate of drug-likeness (QED) is 0.610. The molecule has 1 aromatic rings. The third kappa shape index (κ3) is 1.90. The average molecular weight is 274 g/mol. The number of likely N-dealkylation sites (N-methyl/N-ethyl adjacent to an activating group) is 1. The maximum absolute atomic E-state index is 11.7. The monoisotopic (exact) mass is 274 g/mol. The molecule has 108 valence electrons. The zero-order valence-corrected chi connectivity index (χ0v) is 12.6. The zero-order valence-electron chi connectivity index (χ0n) is 12.6. The minimum atomic E-state index is -1.02. The van der Waals surface area contributed by atoms with E-state index in [4.69, 9.17) is 0 Å². The third-order valence-electron chi connectivity index (χ3n) is 4.44. The van der Waals surface area contributed by atoms with Crippen molar-refractivity contribution in [2.24, 2.45) is 0 Å². The molecule has 0 aliphatic heterocycles. The molecule has 0 spiro atoms. The van der Waals surface area contributed by atoms with Gasteiger partial charge in [-0.25, -0.2) is 0 Å². The van der Waals surface area contributed by atoms with Crippen molar-refractivity contribution in [1.82, 2.24) is 4.90 Å². The Bertz CT molecular complexity index is 535. The maximum Gasteiger partial charge on any atom is 0.269 e. The first-order chi connectivity index (χ1) is 9.48. The molecule has 0 saturated carbocycles. The van der Waals surface area contributed by atoms with E-state index in [1.807, 2.05) is 51.1 Å². The van der Waals surface area contributed by atoms with Gasteiger partial charge in [0, 0.05) is 24.9 Å². The van der Waals surface area contributed by atoms with E-state index in [9.17, 15) is 10.1 Å². The molecule has 2 atom stereocenters. The Hall–Kier alpha value is -1.84. The van der Waals surface area contributed by atoms with Gasteiger partial charge >= 0.3 is 0 Å². The van der Waals surface area contributed by atoms with Gasteiger partial charge in [-0.3, -0.25) is 10.1 Å². The summed E-state index contributed by atoms with van der Waals surface area (Å²) in [7, 11) is 0. The summed E-state index contributed by atoms with van der Waals surface area (Å²) in [5, 5.41) is 11.7. The van der Waals surface area contributed by atoms with Crippen LogP contribution in [-0.4, -0.2) is 28.5 Å². The van der Waals surface area contributed by atoms with Gasteiger partial charge in [0.25, 0.3) is 5.54 Å². The standard InChI is InChI=1S/C16H22N2O2/c1-5-17(6-2)15-12(3)14(16(15,4)18(19)20)13-10-8-7-9-11-13/h7-11,14H,5-6H2,1-4H3/t14-,16-/m0/s1. The highest BCUT2D eigenvalue weighted by atomic mass is 16.6. The molecule has 4 nitrogen and oxygen atoms in total. The van der Waals surface area contributed by atoms with Crippen LogP contribution in [0.15, 0.2) is 41.6 Å². The van der Waals surface area contributed by atoms with Crippen LogP contribution in [0, 0.1) is 10.1 Å². The number of hydrogen-bond donors (Lipinski definition) is 0. The molecule has 1 aliphatic carbocycles. The predicted molar refractivity (Wildman–Crippen MR) is 80.2 cm³/mol. The van der Waals surface area contributed by atoms with Gasteiger partial charge in [-0.15, -0.1) is 0 Å². The first-order valence-electron chi connectivity index (χ1n) is 7.14. The van der Waals surface area contributed by atoms with Gasteiger partial charge < -0.3 is 4.90 Å². The minimum Gasteiger partial charge on any atom is -0.370 e. The fraction of sp³-hybridized carbons (Fsp3) is 0.500. The molecule has 2 rings (SSSR count). The topological polar surface area (TPSA) is 46.4 Å². The highest BCUT2D eigenvalue weighted by Crippen LogP contribution is 2.53. The molecule has 0 radical (unpaired) electrons. The van der Waals surface area contributed by atoms with Crippen LogP contribution in [0.5, 0.6) is 0 Å². The van der Waals surface area contributed by atoms with E-state index in [1.165, 1.54) is 0 Å². The predicted octanol–water partition coefficient (Wildman–Crippen LogP) is 3.44. The normalized spacial score (nSPS) is 25.3. The van der Waals surface area contributed by atoms with Gasteiger partial charge in [0.15, 0.2) is 0 Å². The lowest BCUT2D eigenvalue weighted by atomic mass is 9.63. The van der Waals surface area contributed by atoms with Gasteiger partial charge in [-0.1, -0.05) is 30.3 Å². The number of nitro groups is 1. The van der Waals surface area contributed by atoms with E-state index in [2.05, 4.69) is 4.90 Å². The van der Waals surface area contributed by atoms with Crippen molar-refractivity contribution in [2.45, 2.75) is 39.2 Å². The van der Waals surface area contributed by atoms with Crippen molar-refractivity contribution in [2.75, 3.05) is 13.1 Å². The van der Waals surface area contributed by atoms with Crippen molar-refractivity contribution in [3.05, 3.63) is 57.3 Å². The molecule has 1 aliphatic rings. The van der Waals surface area contributed by atoms with Crippen molar-refractivity contribution < 1.29 is 4.92 Å². The Kier molecular flexibility index (Phi) is 3.84. The summed E-state index contributed by atoms with van der Waals surface area (Å²) in [5.74, 6) is -0.130. The third-order valence-corrected chi connectivity index (χ3v) is 4.44. The zero-order chi connectivity index (χ0) is 14.9. The molecular weight excluding hydrogens is 252 g/mol. The molecule has 0 amide bonds. The molecule has 0 unspecified atom stereocenters. The van der Waals surface area contributed by atoms with E-state index < -0.39 is 5.54 Å². The van der Waals surface area contributed by atoms with Crippen molar-refractivity contribution in [3.8, 4) is 0 Å². The van der Waals surface area contributed by atoms with Crippen molar-refractivity contribution in [3.63, 3.8) is 0 Å². The molecule has 0 bridgehead atoms. The lowest BCUT2D eigenvalue weighted by molar-refractivity contribution is -0.565. The van der Waals surface area contributed by atoms with Crippen LogP contribution in [0.3, 0.4) is 0 Å². The van der Waals surface area contributed by atoms with Crippen LogP contribution < -0.4 is 0 Å². The Morgan fingerprint density at radius 1 is 1.25 bits per heavy atom. The Labute approximate surface area is 120 Å². The second-order valence-electron chi connectivity index (χ2n) is 5.45. The fourth-order valence-electron chi connectivity index (χ4n) is 3.54. The van der Waals surface area contributed by atoms with Crippen LogP contribution in [0.25, 0.3) is 0 Å². The summed E-state index contributed by atoms with van der Waals surface area (Å²) < 4.78 is 0. The molecule has 0 saturated heterocycles. The number of rotatable bonds is 5. The van der Waals surface area contributed by atoms with E-state index in [0.29, 0.717) is 0 Å². The maximum atomic E-state index is 11.7. The second-order valence-corrected chi connectivity index (χ2v) is 5.45. The van der Waals surface area contributed by atoms with Crippen LogP contribution in [-0.2, 0) is 0 Å². The smallest absolute Gasteiger partial charge is 0.269 e. The molecule has 20 heavy (non-hydrogen) atoms. The molecule has 1 aromatic carbocycles. The summed E-state index contributed by atoms with van der Waals surface area (Å²) in [6.07, 6.45) is 0. The molecule has 0 aromatic heterocycles. The number of nitrogens with zero attached hydrogens (tertiary/aromatic N) is 2. The number of hydrogen-bond acceptors (Lipinski definition) is 3.